The summed E-state index contributed by atoms with van der Waals surface area (Å²) in [5.41, 5.74) is -0.403. The average Bonchev–Trinajstić information content (AvgIpc) is 2.25. The Bertz CT molecular complexity index is 377. The number of aliphatic hydroxyl groups excluding tert-OH is 1. The van der Waals surface area contributed by atoms with E-state index in [9.17, 15) is 4.79 Å². The maximum atomic E-state index is 11.2. The number of hydrogen-bond acceptors (Lipinski definition) is 5. The normalized spacial score (nSPS) is 12.4. The van der Waals surface area contributed by atoms with Crippen molar-refractivity contribution in [2.24, 2.45) is 0 Å². The quantitative estimate of drug-likeness (QED) is 0.670. The Morgan fingerprint density at radius 3 is 3.12 bits per heavy atom. The molecular formula is C9H14ClN3O3. The molecule has 6 nitrogen and oxygen atoms in total. The molecule has 1 atom stereocenters. The maximum absolute atomic E-state index is 11.2. The molecule has 0 spiro atoms. The van der Waals surface area contributed by atoms with Gasteiger partial charge in [-0.1, -0.05) is 11.6 Å². The van der Waals surface area contributed by atoms with Crippen molar-refractivity contribution >= 4 is 17.4 Å². The number of aliphatic hydroxyl groups is 1. The van der Waals surface area contributed by atoms with Crippen molar-refractivity contribution in [1.82, 2.24) is 9.97 Å². The molecule has 3 N–H and O–H groups in total. The third-order valence-electron chi connectivity index (χ3n) is 1.98. The van der Waals surface area contributed by atoms with Crippen LogP contribution in [0.4, 0.5) is 5.82 Å². The molecule has 0 saturated carbocycles. The van der Waals surface area contributed by atoms with Crippen LogP contribution in [0.5, 0.6) is 0 Å². The molecule has 0 saturated heterocycles. The zero-order valence-electron chi connectivity index (χ0n) is 8.86. The summed E-state index contributed by atoms with van der Waals surface area (Å²) in [4.78, 5) is 17.5. The smallest absolute Gasteiger partial charge is 0.271 e. The Labute approximate surface area is 97.6 Å². The molecule has 7 heteroatoms. The SMILES string of the molecule is COCC(CCO)Nc1nc[nH]c(=O)c1Cl. The Hall–Kier alpha value is -1.11. The van der Waals surface area contributed by atoms with Gasteiger partial charge in [-0.15, -0.1) is 0 Å². The fourth-order valence-corrected chi connectivity index (χ4v) is 1.39. The largest absolute Gasteiger partial charge is 0.396 e. The number of methoxy groups -OCH3 is 1. The van der Waals surface area contributed by atoms with Gasteiger partial charge in [0.15, 0.2) is 5.82 Å². The number of halogens is 1. The van der Waals surface area contributed by atoms with E-state index in [0.717, 1.165) is 0 Å². The maximum Gasteiger partial charge on any atom is 0.271 e. The predicted octanol–water partition coefficient (Wildman–Crippen LogP) is 0.233. The van der Waals surface area contributed by atoms with Gasteiger partial charge >= 0.3 is 0 Å². The van der Waals surface area contributed by atoms with Gasteiger partial charge in [-0.05, 0) is 6.42 Å². The second-order valence-corrected chi connectivity index (χ2v) is 3.58. The number of hydrogen-bond donors (Lipinski definition) is 3. The van der Waals surface area contributed by atoms with Gasteiger partial charge in [-0.3, -0.25) is 4.79 Å². The van der Waals surface area contributed by atoms with E-state index in [0.29, 0.717) is 18.8 Å². The molecule has 1 aromatic rings. The van der Waals surface area contributed by atoms with E-state index in [1.54, 1.807) is 7.11 Å². The van der Waals surface area contributed by atoms with E-state index in [1.165, 1.54) is 6.33 Å². The van der Waals surface area contributed by atoms with Crippen LogP contribution in [0.25, 0.3) is 0 Å². The highest BCUT2D eigenvalue weighted by molar-refractivity contribution is 6.32. The molecule has 90 valence electrons. The van der Waals surface area contributed by atoms with Gasteiger partial charge in [0, 0.05) is 13.7 Å². The first-order valence-corrected chi connectivity index (χ1v) is 5.16. The molecule has 0 aliphatic carbocycles. The summed E-state index contributed by atoms with van der Waals surface area (Å²) >= 11 is 5.77. The fraction of sp³-hybridized carbons (Fsp3) is 0.556. The van der Waals surface area contributed by atoms with Crippen molar-refractivity contribution in [2.45, 2.75) is 12.5 Å². The van der Waals surface area contributed by atoms with E-state index in [-0.39, 0.29) is 17.7 Å². The Morgan fingerprint density at radius 2 is 2.50 bits per heavy atom. The number of aromatic amines is 1. The number of nitrogens with one attached hydrogen (secondary N) is 2. The lowest BCUT2D eigenvalue weighted by Gasteiger charge is -2.17. The molecule has 0 fully saturated rings. The van der Waals surface area contributed by atoms with Gasteiger partial charge in [0.1, 0.15) is 5.02 Å². The summed E-state index contributed by atoms with van der Waals surface area (Å²) in [6.07, 6.45) is 1.75. The standard InChI is InChI=1S/C9H14ClN3O3/c1-16-4-6(2-3-14)13-8-7(10)9(15)12-5-11-8/h5-6,14H,2-4H2,1H3,(H2,11,12,13,15). The number of nitrogens with zero attached hydrogens (tertiary/aromatic N) is 1. The molecule has 0 aromatic carbocycles. The number of aromatic nitrogens is 2. The Balaban J connectivity index is 2.76. The molecule has 0 bridgehead atoms. The molecule has 1 aromatic heterocycles. The average molecular weight is 248 g/mol. The lowest BCUT2D eigenvalue weighted by atomic mass is 10.2. The molecule has 0 aliphatic rings. The summed E-state index contributed by atoms with van der Waals surface area (Å²) in [6, 6.07) is -0.137. The summed E-state index contributed by atoms with van der Waals surface area (Å²) in [5, 5.41) is 11.8. The van der Waals surface area contributed by atoms with E-state index in [4.69, 9.17) is 21.4 Å². The highest BCUT2D eigenvalue weighted by atomic mass is 35.5. The van der Waals surface area contributed by atoms with Crippen molar-refractivity contribution in [3.8, 4) is 0 Å². The van der Waals surface area contributed by atoms with Crippen LogP contribution in [0.15, 0.2) is 11.1 Å². The van der Waals surface area contributed by atoms with E-state index < -0.39 is 5.56 Å². The number of anilines is 1. The van der Waals surface area contributed by atoms with E-state index in [1.807, 2.05) is 0 Å². The topological polar surface area (TPSA) is 87.2 Å². The minimum absolute atomic E-state index is 0.00143. The third kappa shape index (κ3) is 3.48. The molecular weight excluding hydrogens is 234 g/mol. The second-order valence-electron chi connectivity index (χ2n) is 3.20. The van der Waals surface area contributed by atoms with Crippen LogP contribution in [-0.4, -0.2) is 41.4 Å². The fourth-order valence-electron chi connectivity index (χ4n) is 1.23. The molecule has 16 heavy (non-hydrogen) atoms. The Kier molecular flexibility index (Phi) is 5.24. The van der Waals surface area contributed by atoms with Crippen molar-refractivity contribution < 1.29 is 9.84 Å². The third-order valence-corrected chi connectivity index (χ3v) is 2.33. The molecule has 1 unspecified atom stereocenters. The number of rotatable bonds is 6. The van der Waals surface area contributed by atoms with Crippen LogP contribution in [0, 0.1) is 0 Å². The van der Waals surface area contributed by atoms with E-state index in [2.05, 4.69) is 15.3 Å². The molecule has 1 rings (SSSR count). The van der Waals surface area contributed by atoms with Crippen molar-refractivity contribution in [2.75, 3.05) is 25.6 Å². The zero-order valence-corrected chi connectivity index (χ0v) is 9.62. The zero-order chi connectivity index (χ0) is 12.0. The summed E-state index contributed by atoms with van der Waals surface area (Å²) in [5.74, 6) is 0.293. The van der Waals surface area contributed by atoms with E-state index >= 15 is 0 Å². The highest BCUT2D eigenvalue weighted by Crippen LogP contribution is 2.14. The van der Waals surface area contributed by atoms with Crippen LogP contribution in [0.2, 0.25) is 5.02 Å². The first kappa shape index (κ1) is 13.0. The summed E-state index contributed by atoms with van der Waals surface area (Å²) in [6.45, 7) is 0.410. The van der Waals surface area contributed by atoms with Gasteiger partial charge in [0.2, 0.25) is 0 Å². The monoisotopic (exact) mass is 247 g/mol. The van der Waals surface area contributed by atoms with Gasteiger partial charge in [-0.25, -0.2) is 4.98 Å². The first-order valence-electron chi connectivity index (χ1n) is 4.78. The highest BCUT2D eigenvalue weighted by Gasteiger charge is 2.12. The van der Waals surface area contributed by atoms with Crippen LogP contribution >= 0.6 is 11.6 Å². The lowest BCUT2D eigenvalue weighted by molar-refractivity contribution is 0.170. The molecule has 0 aliphatic heterocycles. The van der Waals surface area contributed by atoms with Gasteiger partial charge in [-0.2, -0.15) is 0 Å². The van der Waals surface area contributed by atoms with Crippen LogP contribution < -0.4 is 10.9 Å². The van der Waals surface area contributed by atoms with Crippen LogP contribution in [-0.2, 0) is 4.74 Å². The van der Waals surface area contributed by atoms with Gasteiger partial charge in [0.05, 0.1) is 19.0 Å². The van der Waals surface area contributed by atoms with Crippen LogP contribution in [0.1, 0.15) is 6.42 Å². The second kappa shape index (κ2) is 6.47. The number of ether oxygens (including phenoxy) is 1. The molecule has 0 amide bonds. The van der Waals surface area contributed by atoms with Crippen molar-refractivity contribution in [3.63, 3.8) is 0 Å². The minimum atomic E-state index is -0.403. The first-order chi connectivity index (χ1) is 7.69. The molecule has 1 heterocycles. The van der Waals surface area contributed by atoms with Crippen LogP contribution in [0.3, 0.4) is 0 Å². The number of H-pyrrole nitrogens is 1. The lowest BCUT2D eigenvalue weighted by Crippen LogP contribution is -2.27. The predicted molar refractivity (Wildman–Crippen MR) is 60.9 cm³/mol. The van der Waals surface area contributed by atoms with Gasteiger partial charge in [0.25, 0.3) is 5.56 Å². The Morgan fingerprint density at radius 1 is 1.75 bits per heavy atom. The minimum Gasteiger partial charge on any atom is -0.396 e. The molecule has 0 radical (unpaired) electrons. The van der Waals surface area contributed by atoms with Gasteiger partial charge < -0.3 is 20.1 Å². The van der Waals surface area contributed by atoms with Crippen molar-refractivity contribution in [1.29, 1.82) is 0 Å². The summed E-state index contributed by atoms with van der Waals surface area (Å²) in [7, 11) is 1.55. The van der Waals surface area contributed by atoms with Crippen molar-refractivity contribution in [3.05, 3.63) is 21.7 Å². The summed E-state index contributed by atoms with van der Waals surface area (Å²) < 4.78 is 4.97.